The first-order chi connectivity index (χ1) is 15.7. The highest BCUT2D eigenvalue weighted by atomic mass is 16.4. The zero-order valence-corrected chi connectivity index (χ0v) is 19.0. The highest BCUT2D eigenvalue weighted by Crippen LogP contribution is 2.33. The number of aliphatic carboxylic acids is 1. The lowest BCUT2D eigenvalue weighted by Crippen LogP contribution is -2.62. The number of carbonyl (C=O) groups excluding carboxylic acids is 4. The number of amides is 4. The van der Waals surface area contributed by atoms with E-state index in [1.165, 1.54) is 0 Å². The van der Waals surface area contributed by atoms with Gasteiger partial charge in [0.2, 0.25) is 5.91 Å². The molecule has 0 aliphatic carbocycles. The van der Waals surface area contributed by atoms with Gasteiger partial charge in [0.1, 0.15) is 11.6 Å². The number of carbonyl (C=O) groups is 5. The normalized spacial score (nSPS) is 24.6. The third kappa shape index (κ3) is 3.74. The maximum Gasteiger partial charge on any atom is 0.324 e. The van der Waals surface area contributed by atoms with Gasteiger partial charge in [0, 0.05) is 18.9 Å². The number of carboxylic acids is 1. The molecule has 0 radical (unpaired) electrons. The van der Waals surface area contributed by atoms with Gasteiger partial charge in [-0.15, -0.1) is 0 Å². The van der Waals surface area contributed by atoms with Crippen molar-refractivity contribution in [1.82, 2.24) is 14.7 Å². The van der Waals surface area contributed by atoms with Gasteiger partial charge in [0.25, 0.3) is 17.7 Å². The van der Waals surface area contributed by atoms with Crippen LogP contribution in [0.4, 0.5) is 0 Å². The summed E-state index contributed by atoms with van der Waals surface area (Å²) in [5.74, 6) is -3.67. The second kappa shape index (κ2) is 8.70. The van der Waals surface area contributed by atoms with Gasteiger partial charge in [-0.05, 0) is 51.4 Å². The van der Waals surface area contributed by atoms with Gasteiger partial charge in [-0.1, -0.05) is 25.5 Å². The van der Waals surface area contributed by atoms with E-state index in [0.717, 1.165) is 29.1 Å². The molecule has 3 aliphatic heterocycles. The van der Waals surface area contributed by atoms with Crippen LogP contribution in [-0.2, 0) is 14.4 Å². The number of nitrogens with zero attached hydrogens (tertiary/aromatic N) is 3. The zero-order valence-electron chi connectivity index (χ0n) is 19.0. The predicted octanol–water partition coefficient (Wildman–Crippen LogP) is 1.77. The van der Waals surface area contributed by atoms with E-state index in [1.54, 1.807) is 38.1 Å². The van der Waals surface area contributed by atoms with Crippen LogP contribution in [-0.4, -0.2) is 80.6 Å². The minimum absolute atomic E-state index is 0.00400. The summed E-state index contributed by atoms with van der Waals surface area (Å²) < 4.78 is 0. The number of benzene rings is 1. The highest BCUT2D eigenvalue weighted by molar-refractivity contribution is 6.23. The van der Waals surface area contributed by atoms with Gasteiger partial charge in [0.15, 0.2) is 0 Å². The average molecular weight is 456 g/mol. The number of hydrogen-bond acceptors (Lipinski definition) is 6. The van der Waals surface area contributed by atoms with Gasteiger partial charge in [0.05, 0.1) is 11.1 Å². The van der Waals surface area contributed by atoms with Crippen molar-refractivity contribution in [2.24, 2.45) is 5.92 Å². The molecule has 2 fully saturated rings. The molecule has 176 valence electrons. The Balaban J connectivity index is 1.56. The number of piperidine rings is 2. The summed E-state index contributed by atoms with van der Waals surface area (Å²) in [5, 5.41) is 10.1. The standard InChI is InChI=1S/C24H29N3O6/c1-15(24(2,23(32)33)25-12-6-3-7-13-25)14-26-19(28)11-10-18(22(26)31)27-20(29)16-8-4-5-9-17(16)21(27)30/h4-5,8-9,15,18H,3,6-7,10-14H2,1-2H3,(H,32,33)/t15?,18?,24-/m0/s1. The Bertz CT molecular complexity index is 982. The molecule has 1 aromatic carbocycles. The minimum atomic E-state index is -1.25. The Morgan fingerprint density at radius 3 is 2.18 bits per heavy atom. The van der Waals surface area contributed by atoms with Crippen LogP contribution in [0.25, 0.3) is 0 Å². The molecule has 0 bridgehead atoms. The number of likely N-dealkylation sites (tertiary alicyclic amines) is 2. The summed E-state index contributed by atoms with van der Waals surface area (Å²) >= 11 is 0. The Morgan fingerprint density at radius 1 is 1.06 bits per heavy atom. The lowest BCUT2D eigenvalue weighted by molar-refractivity contribution is -0.161. The summed E-state index contributed by atoms with van der Waals surface area (Å²) in [6, 6.07) is 5.32. The monoisotopic (exact) mass is 455 g/mol. The molecule has 9 heteroatoms. The second-order valence-electron chi connectivity index (χ2n) is 9.32. The molecule has 4 amide bonds. The third-order valence-corrected chi connectivity index (χ3v) is 7.48. The Labute approximate surface area is 192 Å². The maximum atomic E-state index is 13.4. The zero-order chi connectivity index (χ0) is 23.9. The van der Waals surface area contributed by atoms with E-state index in [0.29, 0.717) is 13.1 Å². The van der Waals surface area contributed by atoms with Gasteiger partial charge in [-0.25, -0.2) is 0 Å². The fourth-order valence-corrected chi connectivity index (χ4v) is 5.21. The lowest BCUT2D eigenvalue weighted by Gasteiger charge is -2.45. The Kier molecular flexibility index (Phi) is 6.09. The minimum Gasteiger partial charge on any atom is -0.480 e. The van der Waals surface area contributed by atoms with Crippen LogP contribution >= 0.6 is 0 Å². The number of fused-ring (bicyclic) bond motifs is 1. The largest absolute Gasteiger partial charge is 0.480 e. The van der Waals surface area contributed by atoms with E-state index >= 15 is 0 Å². The summed E-state index contributed by atoms with van der Waals surface area (Å²) in [4.78, 5) is 68.1. The van der Waals surface area contributed by atoms with Gasteiger partial charge in [-0.3, -0.25) is 38.7 Å². The van der Waals surface area contributed by atoms with Crippen molar-refractivity contribution in [3.63, 3.8) is 0 Å². The molecule has 4 rings (SSSR count). The molecule has 2 saturated heterocycles. The van der Waals surface area contributed by atoms with E-state index in [4.69, 9.17) is 0 Å². The SMILES string of the molecule is CC(CN1C(=O)CCC(N2C(=O)c3ccccc3C2=O)C1=O)[C@@](C)(C(=O)O)N1CCCCC1. The first-order valence-corrected chi connectivity index (χ1v) is 11.5. The smallest absolute Gasteiger partial charge is 0.324 e. The van der Waals surface area contributed by atoms with Crippen molar-refractivity contribution in [3.05, 3.63) is 35.4 Å². The Hall–Kier alpha value is -3.07. The summed E-state index contributed by atoms with van der Waals surface area (Å²) in [7, 11) is 0. The second-order valence-corrected chi connectivity index (χ2v) is 9.32. The van der Waals surface area contributed by atoms with Crippen LogP contribution in [0.1, 0.15) is 66.7 Å². The molecular formula is C24H29N3O6. The van der Waals surface area contributed by atoms with Crippen molar-refractivity contribution < 1.29 is 29.1 Å². The van der Waals surface area contributed by atoms with Crippen molar-refractivity contribution in [2.45, 2.75) is 57.5 Å². The molecule has 33 heavy (non-hydrogen) atoms. The molecular weight excluding hydrogens is 426 g/mol. The molecule has 2 unspecified atom stereocenters. The van der Waals surface area contributed by atoms with Crippen molar-refractivity contribution in [2.75, 3.05) is 19.6 Å². The van der Waals surface area contributed by atoms with E-state index in [2.05, 4.69) is 0 Å². The van der Waals surface area contributed by atoms with Gasteiger partial charge in [-0.2, -0.15) is 0 Å². The van der Waals surface area contributed by atoms with E-state index in [9.17, 15) is 29.1 Å². The molecule has 9 nitrogen and oxygen atoms in total. The third-order valence-electron chi connectivity index (χ3n) is 7.48. The molecule has 3 aliphatic rings. The molecule has 0 aromatic heterocycles. The highest BCUT2D eigenvalue weighted by Gasteiger charge is 2.50. The lowest BCUT2D eigenvalue weighted by atomic mass is 9.82. The predicted molar refractivity (Wildman–Crippen MR) is 117 cm³/mol. The topological polar surface area (TPSA) is 115 Å². The fraction of sp³-hybridized carbons (Fsp3) is 0.542. The van der Waals surface area contributed by atoms with Crippen LogP contribution in [0, 0.1) is 5.92 Å². The molecule has 3 heterocycles. The molecule has 3 atom stereocenters. The number of hydrogen-bond donors (Lipinski definition) is 1. The van der Waals surface area contributed by atoms with Crippen molar-refractivity contribution in [1.29, 1.82) is 0 Å². The fourth-order valence-electron chi connectivity index (χ4n) is 5.21. The van der Waals surface area contributed by atoms with Crippen molar-refractivity contribution in [3.8, 4) is 0 Å². The number of rotatable bonds is 6. The summed E-state index contributed by atoms with van der Waals surface area (Å²) in [6.45, 7) is 4.58. The van der Waals surface area contributed by atoms with Gasteiger partial charge >= 0.3 is 5.97 Å². The van der Waals surface area contributed by atoms with E-state index < -0.39 is 47.1 Å². The van der Waals surface area contributed by atoms with Crippen LogP contribution in [0.15, 0.2) is 24.3 Å². The number of imide groups is 2. The molecule has 0 saturated carbocycles. The molecule has 1 N–H and O–H groups in total. The van der Waals surface area contributed by atoms with Crippen LogP contribution in [0.5, 0.6) is 0 Å². The molecule has 1 aromatic rings. The van der Waals surface area contributed by atoms with E-state index in [-0.39, 0.29) is 30.5 Å². The first kappa shape index (κ1) is 23.1. The summed E-state index contributed by atoms with van der Waals surface area (Å²) in [6.07, 6.45) is 2.92. The van der Waals surface area contributed by atoms with Gasteiger partial charge < -0.3 is 5.11 Å². The average Bonchev–Trinajstić information content (AvgIpc) is 3.06. The molecule has 0 spiro atoms. The van der Waals surface area contributed by atoms with Crippen LogP contribution < -0.4 is 0 Å². The summed E-state index contributed by atoms with van der Waals surface area (Å²) in [5.41, 5.74) is -0.755. The van der Waals surface area contributed by atoms with E-state index in [1.807, 2.05) is 4.90 Å². The quantitative estimate of drug-likeness (QED) is 0.650. The van der Waals surface area contributed by atoms with Crippen molar-refractivity contribution >= 4 is 29.6 Å². The first-order valence-electron chi connectivity index (χ1n) is 11.5. The van der Waals surface area contributed by atoms with Crippen LogP contribution in [0.3, 0.4) is 0 Å². The maximum absolute atomic E-state index is 13.4. The van der Waals surface area contributed by atoms with Crippen LogP contribution in [0.2, 0.25) is 0 Å². The Morgan fingerprint density at radius 2 is 1.64 bits per heavy atom. The number of carboxylic acid groups (broad SMARTS) is 1.